The van der Waals surface area contributed by atoms with Gasteiger partial charge in [-0.3, -0.25) is 23.6 Å². The fourth-order valence-electron chi connectivity index (χ4n) is 6.12. The van der Waals surface area contributed by atoms with E-state index in [1.54, 1.807) is 5.32 Å². The number of rotatable bonds is 8. The molecule has 4 amide bonds. The van der Waals surface area contributed by atoms with Crippen molar-refractivity contribution >= 4 is 23.6 Å². The van der Waals surface area contributed by atoms with Crippen LogP contribution in [-0.4, -0.2) is 72.6 Å². The Morgan fingerprint density at radius 3 is 2.38 bits per heavy atom. The number of nitrogens with one attached hydrogen (secondary N) is 3. The van der Waals surface area contributed by atoms with Crippen LogP contribution in [0.5, 0.6) is 0 Å². The Labute approximate surface area is 211 Å². The van der Waals surface area contributed by atoms with Crippen LogP contribution in [-0.2, 0) is 19.2 Å². The van der Waals surface area contributed by atoms with Crippen LogP contribution < -0.4 is 16.0 Å². The van der Waals surface area contributed by atoms with E-state index in [-0.39, 0.29) is 54.9 Å². The molecule has 2 saturated carbocycles. The molecule has 0 unspecified atom stereocenters. The van der Waals surface area contributed by atoms with Crippen LogP contribution in [0.25, 0.3) is 0 Å². The molecule has 9 nitrogen and oxygen atoms in total. The first kappa shape index (κ1) is 27.1. The average molecular weight is 530 g/mol. The predicted molar refractivity (Wildman–Crippen MR) is 120 cm³/mol. The molecule has 0 aromatic heterocycles. The molecule has 0 bridgehead atoms. The smallest absolute Gasteiger partial charge is 0.356 e. The Morgan fingerprint density at radius 1 is 1.24 bits per heavy atom. The molecule has 13 heteroatoms. The minimum atomic E-state index is -5.26. The summed E-state index contributed by atoms with van der Waals surface area (Å²) in [6.07, 6.45) is -4.94. The van der Waals surface area contributed by atoms with E-state index in [0.29, 0.717) is 6.54 Å². The standard InChI is InChI=1S/C24H31F4N5O4/c1-11-8-30-18(34)13(11)6-12(7-29)31-19(35)16-15-14(22(15,2)3)9-33(16)20(36)17(23(10-25)4-5-23)32-21(37)24(26,27)28/h11-17H,4-6,8-10H2,1-3H3,(H,30,34)(H,31,35)(H,32,37)/t11-,12-,13+,14-,15-,16-,17+/m0/s1. The lowest BCUT2D eigenvalue weighted by Gasteiger charge is -2.35. The van der Waals surface area contributed by atoms with Gasteiger partial charge in [0.15, 0.2) is 0 Å². The van der Waals surface area contributed by atoms with Gasteiger partial charge >= 0.3 is 12.1 Å². The fourth-order valence-corrected chi connectivity index (χ4v) is 6.12. The lowest BCUT2D eigenvalue weighted by molar-refractivity contribution is -0.176. The number of hydrogen-bond acceptors (Lipinski definition) is 5. The molecule has 0 aromatic rings. The molecule has 0 radical (unpaired) electrons. The van der Waals surface area contributed by atoms with Crippen LogP contribution in [0, 0.1) is 45.8 Å². The van der Waals surface area contributed by atoms with Crippen molar-refractivity contribution in [3.63, 3.8) is 0 Å². The van der Waals surface area contributed by atoms with E-state index in [0.717, 1.165) is 4.90 Å². The Hall–Kier alpha value is -2.91. The summed E-state index contributed by atoms with van der Waals surface area (Å²) in [5.41, 5.74) is -1.77. The number of carbonyl (C=O) groups is 4. The fraction of sp³-hybridized carbons (Fsp3) is 0.792. The van der Waals surface area contributed by atoms with Crippen LogP contribution in [0.3, 0.4) is 0 Å². The zero-order valence-corrected chi connectivity index (χ0v) is 20.8. The first-order chi connectivity index (χ1) is 17.2. The second kappa shape index (κ2) is 9.13. The van der Waals surface area contributed by atoms with E-state index < -0.39 is 60.0 Å². The van der Waals surface area contributed by atoms with E-state index in [2.05, 4.69) is 10.6 Å². The lowest BCUT2D eigenvalue weighted by atomic mass is 9.90. The number of carbonyl (C=O) groups excluding carboxylic acids is 4. The van der Waals surface area contributed by atoms with Gasteiger partial charge in [0.25, 0.3) is 0 Å². The molecule has 2 aliphatic heterocycles. The molecule has 2 saturated heterocycles. The van der Waals surface area contributed by atoms with Gasteiger partial charge in [0, 0.05) is 24.4 Å². The summed E-state index contributed by atoms with van der Waals surface area (Å²) < 4.78 is 52.8. The summed E-state index contributed by atoms with van der Waals surface area (Å²) in [5, 5.41) is 16.6. The van der Waals surface area contributed by atoms with Crippen LogP contribution in [0.1, 0.15) is 40.0 Å². The highest BCUT2D eigenvalue weighted by Gasteiger charge is 2.70. The van der Waals surface area contributed by atoms with E-state index in [9.17, 15) is 42.0 Å². The molecule has 2 aliphatic carbocycles. The molecule has 7 atom stereocenters. The van der Waals surface area contributed by atoms with Crippen molar-refractivity contribution in [3.8, 4) is 6.07 Å². The van der Waals surface area contributed by atoms with Gasteiger partial charge in [-0.15, -0.1) is 0 Å². The van der Waals surface area contributed by atoms with Gasteiger partial charge in [-0.2, -0.15) is 18.4 Å². The van der Waals surface area contributed by atoms with Crippen LogP contribution >= 0.6 is 0 Å². The van der Waals surface area contributed by atoms with Gasteiger partial charge in [0.1, 0.15) is 18.1 Å². The maximum Gasteiger partial charge on any atom is 0.471 e. The van der Waals surface area contributed by atoms with Crippen molar-refractivity contribution < 1.29 is 36.7 Å². The Balaban J connectivity index is 1.54. The number of hydrogen-bond donors (Lipinski definition) is 3. The van der Waals surface area contributed by atoms with Gasteiger partial charge in [-0.25, -0.2) is 0 Å². The van der Waals surface area contributed by atoms with Crippen molar-refractivity contribution in [2.75, 3.05) is 19.8 Å². The Kier molecular flexibility index (Phi) is 6.70. The molecule has 0 spiro atoms. The predicted octanol–water partition coefficient (Wildman–Crippen LogP) is 1.05. The van der Waals surface area contributed by atoms with E-state index in [1.165, 1.54) is 0 Å². The molecular formula is C24H31F4N5O4. The van der Waals surface area contributed by atoms with Crippen LogP contribution in [0.2, 0.25) is 0 Å². The van der Waals surface area contributed by atoms with Crippen LogP contribution in [0.15, 0.2) is 0 Å². The molecule has 3 N–H and O–H groups in total. The number of nitriles is 1. The summed E-state index contributed by atoms with van der Waals surface area (Å²) in [6.45, 7) is 5.09. The van der Waals surface area contributed by atoms with E-state index in [1.807, 2.05) is 26.8 Å². The summed E-state index contributed by atoms with van der Waals surface area (Å²) in [6, 6.07) is -1.91. The number of fused-ring (bicyclic) bond motifs is 1. The topological polar surface area (TPSA) is 131 Å². The third-order valence-electron chi connectivity index (χ3n) is 8.89. The lowest BCUT2D eigenvalue weighted by Crippen LogP contribution is -2.60. The first-order valence-electron chi connectivity index (χ1n) is 12.4. The number of nitrogens with zero attached hydrogens (tertiary/aromatic N) is 2. The summed E-state index contributed by atoms with van der Waals surface area (Å²) in [4.78, 5) is 51.9. The van der Waals surface area contributed by atoms with Crippen molar-refractivity contribution in [2.45, 2.75) is 64.3 Å². The molecule has 4 rings (SSSR count). The van der Waals surface area contributed by atoms with Crippen LogP contribution in [0.4, 0.5) is 17.6 Å². The molecule has 4 fully saturated rings. The summed E-state index contributed by atoms with van der Waals surface area (Å²) in [5.74, 6) is -5.10. The Morgan fingerprint density at radius 2 is 1.89 bits per heavy atom. The van der Waals surface area contributed by atoms with Gasteiger partial charge in [-0.1, -0.05) is 20.8 Å². The van der Waals surface area contributed by atoms with E-state index >= 15 is 0 Å². The number of halogens is 4. The minimum Gasteiger partial charge on any atom is -0.356 e. The quantitative estimate of drug-likeness (QED) is 0.405. The molecule has 37 heavy (non-hydrogen) atoms. The molecular weight excluding hydrogens is 498 g/mol. The number of piperidine rings is 1. The van der Waals surface area contributed by atoms with Crippen molar-refractivity contribution in [3.05, 3.63) is 0 Å². The third-order valence-corrected chi connectivity index (χ3v) is 8.89. The zero-order chi connectivity index (χ0) is 27.5. The summed E-state index contributed by atoms with van der Waals surface area (Å²) in [7, 11) is 0. The van der Waals surface area contributed by atoms with Crippen molar-refractivity contribution in [2.24, 2.45) is 34.5 Å². The first-order valence-corrected chi connectivity index (χ1v) is 12.4. The molecule has 4 aliphatic rings. The maximum atomic E-state index is 13.9. The number of likely N-dealkylation sites (tertiary alicyclic amines) is 1. The second-order valence-corrected chi connectivity index (χ2v) is 11.5. The average Bonchev–Trinajstić information content (AvgIpc) is 3.60. The highest BCUT2D eigenvalue weighted by Crippen LogP contribution is 2.65. The van der Waals surface area contributed by atoms with Crippen molar-refractivity contribution in [1.29, 1.82) is 5.26 Å². The molecule has 204 valence electrons. The zero-order valence-electron chi connectivity index (χ0n) is 20.8. The normalized spacial score (nSPS) is 32.4. The highest BCUT2D eigenvalue weighted by atomic mass is 19.4. The molecule has 0 aromatic carbocycles. The summed E-state index contributed by atoms with van der Waals surface area (Å²) >= 11 is 0. The molecule has 2 heterocycles. The second-order valence-electron chi connectivity index (χ2n) is 11.5. The van der Waals surface area contributed by atoms with Gasteiger partial charge in [0.2, 0.25) is 17.7 Å². The maximum absolute atomic E-state index is 13.9. The SMILES string of the molecule is C[C@H]1CNC(=O)[C@@H]1C[C@@H](C#N)NC(=O)[C@@H]1[C@@H]2[C@H](CN1C(=O)[C@@H](NC(=O)C(F)(F)F)C1(CF)CC1)C2(C)C. The van der Waals surface area contributed by atoms with Crippen molar-refractivity contribution in [1.82, 2.24) is 20.9 Å². The number of amides is 4. The van der Waals surface area contributed by atoms with E-state index in [4.69, 9.17) is 0 Å². The third kappa shape index (κ3) is 4.75. The van der Waals surface area contributed by atoms with Gasteiger partial charge < -0.3 is 20.9 Å². The Bertz CT molecular complexity index is 1040. The minimum absolute atomic E-state index is 0.0370. The van der Waals surface area contributed by atoms with Gasteiger partial charge in [0.05, 0.1) is 12.7 Å². The monoisotopic (exact) mass is 529 g/mol. The highest BCUT2D eigenvalue weighted by molar-refractivity contribution is 5.95. The van der Waals surface area contributed by atoms with Gasteiger partial charge in [-0.05, 0) is 42.4 Å². The number of alkyl halides is 4. The largest absolute Gasteiger partial charge is 0.471 e.